The summed E-state index contributed by atoms with van der Waals surface area (Å²) in [5, 5.41) is 3.83. The Morgan fingerprint density at radius 3 is 3.04 bits per heavy atom. The van der Waals surface area contributed by atoms with Crippen LogP contribution in [-0.2, 0) is 24.3 Å². The molecule has 0 aromatic carbocycles. The molecule has 1 aliphatic heterocycles. The van der Waals surface area contributed by atoms with Gasteiger partial charge in [-0.1, -0.05) is 5.16 Å². The number of hydrogen-bond acceptors (Lipinski definition) is 5. The molecule has 1 aliphatic carbocycles. The van der Waals surface area contributed by atoms with Crippen molar-refractivity contribution in [2.45, 2.75) is 39.3 Å². The number of ether oxygens (including phenoxy) is 1. The minimum absolute atomic E-state index is 0.0899. The predicted octanol–water partition coefficient (Wildman–Crippen LogP) is 2.50. The minimum atomic E-state index is -0.0899. The molecule has 1 saturated carbocycles. The van der Waals surface area contributed by atoms with Gasteiger partial charge in [-0.05, 0) is 48.8 Å². The molecule has 126 valence electrons. The van der Waals surface area contributed by atoms with E-state index in [2.05, 4.69) is 10.1 Å². The fourth-order valence-electron chi connectivity index (χ4n) is 3.12. The molecule has 0 radical (unpaired) electrons. The summed E-state index contributed by atoms with van der Waals surface area (Å²) in [6.07, 6.45) is 7.16. The third-order valence-electron chi connectivity index (χ3n) is 4.67. The fourth-order valence-corrected chi connectivity index (χ4v) is 3.12. The van der Waals surface area contributed by atoms with Crippen molar-refractivity contribution in [1.82, 2.24) is 15.0 Å². The summed E-state index contributed by atoms with van der Waals surface area (Å²) < 4.78 is 10.8. The molecular formula is C18H21N3O3. The second-order valence-electron chi connectivity index (χ2n) is 6.69. The zero-order valence-corrected chi connectivity index (χ0v) is 13.8. The average Bonchev–Trinajstić information content (AvgIpc) is 3.32. The number of aryl methyl sites for hydroxylation is 1. The van der Waals surface area contributed by atoms with Crippen molar-refractivity contribution < 1.29 is 14.1 Å². The Morgan fingerprint density at radius 1 is 1.42 bits per heavy atom. The first-order valence-electron chi connectivity index (χ1n) is 8.45. The van der Waals surface area contributed by atoms with Gasteiger partial charge in [0.2, 0.25) is 0 Å². The van der Waals surface area contributed by atoms with Gasteiger partial charge in [0.1, 0.15) is 5.76 Å². The summed E-state index contributed by atoms with van der Waals surface area (Å²) in [5.74, 6) is 1.32. The van der Waals surface area contributed by atoms with Crippen molar-refractivity contribution in [1.29, 1.82) is 0 Å². The topological polar surface area (TPSA) is 68.5 Å². The van der Waals surface area contributed by atoms with Crippen LogP contribution in [0.25, 0.3) is 0 Å². The maximum absolute atomic E-state index is 12.5. The Hall–Kier alpha value is -2.21. The lowest BCUT2D eigenvalue weighted by atomic mass is 9.97. The van der Waals surface area contributed by atoms with Crippen LogP contribution in [-0.4, -0.2) is 34.1 Å². The number of hydrogen-bond donors (Lipinski definition) is 0. The molecule has 0 saturated heterocycles. The van der Waals surface area contributed by atoms with Crippen molar-refractivity contribution >= 4 is 5.91 Å². The highest BCUT2D eigenvalue weighted by Crippen LogP contribution is 2.29. The quantitative estimate of drug-likeness (QED) is 0.844. The van der Waals surface area contributed by atoms with Crippen LogP contribution in [0.15, 0.2) is 23.0 Å². The van der Waals surface area contributed by atoms with Crippen LogP contribution in [0.4, 0.5) is 0 Å². The second-order valence-corrected chi connectivity index (χ2v) is 6.69. The minimum Gasteiger partial charge on any atom is -0.376 e. The Labute approximate surface area is 140 Å². The lowest BCUT2D eigenvalue weighted by Gasteiger charge is -2.29. The van der Waals surface area contributed by atoms with Crippen LogP contribution in [0.1, 0.15) is 45.8 Å². The molecule has 1 amide bonds. The third-order valence-corrected chi connectivity index (χ3v) is 4.67. The van der Waals surface area contributed by atoms with E-state index in [0.717, 1.165) is 30.1 Å². The maximum atomic E-state index is 12.5. The first kappa shape index (κ1) is 15.3. The molecule has 24 heavy (non-hydrogen) atoms. The van der Waals surface area contributed by atoms with Crippen molar-refractivity contribution in [2.24, 2.45) is 5.92 Å². The number of pyridine rings is 1. The zero-order chi connectivity index (χ0) is 16.5. The van der Waals surface area contributed by atoms with Gasteiger partial charge in [0.05, 0.1) is 6.61 Å². The first-order valence-corrected chi connectivity index (χ1v) is 8.45. The number of carbonyl (C=O) groups excluding carboxylic acids is 1. The van der Waals surface area contributed by atoms with E-state index in [-0.39, 0.29) is 5.91 Å². The molecule has 0 N–H and O–H groups in total. The van der Waals surface area contributed by atoms with Crippen LogP contribution in [0.5, 0.6) is 0 Å². The summed E-state index contributed by atoms with van der Waals surface area (Å²) in [4.78, 5) is 18.7. The molecule has 0 atom stereocenters. The highest BCUT2D eigenvalue weighted by Gasteiger charge is 2.26. The molecule has 6 nitrogen and oxygen atoms in total. The maximum Gasteiger partial charge on any atom is 0.276 e. The van der Waals surface area contributed by atoms with Gasteiger partial charge in [-0.15, -0.1) is 0 Å². The molecule has 0 spiro atoms. The Balaban J connectivity index is 1.45. The van der Waals surface area contributed by atoms with Gasteiger partial charge in [-0.3, -0.25) is 9.78 Å². The van der Waals surface area contributed by atoms with E-state index < -0.39 is 0 Å². The van der Waals surface area contributed by atoms with E-state index >= 15 is 0 Å². The van der Waals surface area contributed by atoms with Gasteiger partial charge in [0.25, 0.3) is 5.91 Å². The number of aromatic nitrogens is 2. The van der Waals surface area contributed by atoms with Gasteiger partial charge in [0.15, 0.2) is 5.69 Å². The monoisotopic (exact) mass is 327 g/mol. The normalized spacial score (nSPS) is 17.0. The molecule has 0 unspecified atom stereocenters. The molecule has 1 fully saturated rings. The van der Waals surface area contributed by atoms with Gasteiger partial charge in [0, 0.05) is 38.2 Å². The highest BCUT2D eigenvalue weighted by molar-refractivity contribution is 5.92. The zero-order valence-electron chi connectivity index (χ0n) is 13.8. The van der Waals surface area contributed by atoms with Gasteiger partial charge in [-0.25, -0.2) is 0 Å². The highest BCUT2D eigenvalue weighted by atomic mass is 16.5. The van der Waals surface area contributed by atoms with Crippen molar-refractivity contribution in [3.63, 3.8) is 0 Å². The number of fused-ring (bicyclic) bond motifs is 1. The van der Waals surface area contributed by atoms with Gasteiger partial charge < -0.3 is 14.2 Å². The van der Waals surface area contributed by atoms with E-state index in [1.54, 1.807) is 17.9 Å². The van der Waals surface area contributed by atoms with Crippen molar-refractivity contribution in [3.8, 4) is 0 Å². The van der Waals surface area contributed by atoms with E-state index in [4.69, 9.17) is 9.26 Å². The predicted molar refractivity (Wildman–Crippen MR) is 86.3 cm³/mol. The first-order chi connectivity index (χ1) is 11.7. The Kier molecular flexibility index (Phi) is 4.06. The van der Waals surface area contributed by atoms with Crippen molar-refractivity contribution in [3.05, 3.63) is 46.6 Å². The summed E-state index contributed by atoms with van der Waals surface area (Å²) in [7, 11) is 0. The third kappa shape index (κ3) is 3.19. The molecule has 4 rings (SSSR count). The molecule has 2 aliphatic rings. The number of amides is 1. The summed E-state index contributed by atoms with van der Waals surface area (Å²) in [5.41, 5.74) is 3.90. The van der Waals surface area contributed by atoms with E-state index in [9.17, 15) is 4.79 Å². The molecule has 6 heteroatoms. The Morgan fingerprint density at radius 2 is 2.29 bits per heavy atom. The van der Waals surface area contributed by atoms with E-state index in [0.29, 0.717) is 31.2 Å². The van der Waals surface area contributed by atoms with Crippen LogP contribution in [0, 0.1) is 12.8 Å². The number of nitrogens with zero attached hydrogens (tertiary/aromatic N) is 3. The molecule has 3 heterocycles. The van der Waals surface area contributed by atoms with Gasteiger partial charge in [-0.2, -0.15) is 0 Å². The van der Waals surface area contributed by atoms with Gasteiger partial charge >= 0.3 is 0 Å². The number of carbonyl (C=O) groups is 1. The Bertz CT molecular complexity index is 752. The van der Waals surface area contributed by atoms with Crippen LogP contribution < -0.4 is 0 Å². The van der Waals surface area contributed by atoms with Crippen molar-refractivity contribution in [2.75, 3.05) is 13.2 Å². The summed E-state index contributed by atoms with van der Waals surface area (Å²) in [6, 6.07) is 1.68. The molecule has 2 aromatic heterocycles. The summed E-state index contributed by atoms with van der Waals surface area (Å²) in [6.45, 7) is 4.48. The SMILES string of the molecule is Cc1cc(C(=O)N2CCc3c(COCC4CC4)cncc3C2)no1. The second kappa shape index (κ2) is 6.36. The van der Waals surface area contributed by atoms with Crippen LogP contribution >= 0.6 is 0 Å². The fraction of sp³-hybridized carbons (Fsp3) is 0.500. The molecule has 0 bridgehead atoms. The number of rotatable bonds is 5. The lowest BCUT2D eigenvalue weighted by molar-refractivity contribution is 0.0721. The average molecular weight is 327 g/mol. The smallest absolute Gasteiger partial charge is 0.276 e. The molecular weight excluding hydrogens is 306 g/mol. The van der Waals surface area contributed by atoms with E-state index in [1.807, 2.05) is 12.4 Å². The van der Waals surface area contributed by atoms with E-state index in [1.165, 1.54) is 18.4 Å². The summed E-state index contributed by atoms with van der Waals surface area (Å²) >= 11 is 0. The van der Waals surface area contributed by atoms with Crippen LogP contribution in [0.2, 0.25) is 0 Å². The standard InChI is InChI=1S/C18H21N3O3/c1-12-6-17(20-24-12)18(22)21-5-4-16-14(9-21)7-19-8-15(16)11-23-10-13-2-3-13/h6-8,13H,2-5,9-11H2,1H3. The largest absolute Gasteiger partial charge is 0.376 e. The lowest BCUT2D eigenvalue weighted by Crippen LogP contribution is -2.36. The molecule has 2 aromatic rings. The van der Waals surface area contributed by atoms with Crippen LogP contribution in [0.3, 0.4) is 0 Å².